The van der Waals surface area contributed by atoms with Gasteiger partial charge in [-0.05, 0) is 43.0 Å². The summed E-state index contributed by atoms with van der Waals surface area (Å²) in [7, 11) is 0. The number of hydrogen-bond donors (Lipinski definition) is 1. The van der Waals surface area contributed by atoms with Crippen molar-refractivity contribution in [3.05, 3.63) is 54.5 Å². The van der Waals surface area contributed by atoms with Crippen molar-refractivity contribution in [1.29, 1.82) is 0 Å². The summed E-state index contributed by atoms with van der Waals surface area (Å²) in [5, 5.41) is 9.71. The van der Waals surface area contributed by atoms with E-state index >= 15 is 0 Å². The zero-order valence-electron chi connectivity index (χ0n) is 15.3. The predicted octanol–water partition coefficient (Wildman–Crippen LogP) is 2.75. The second-order valence-electron chi connectivity index (χ2n) is 7.74. The summed E-state index contributed by atoms with van der Waals surface area (Å²) >= 11 is 0. The number of imidazole rings is 1. The number of carboxylic acids is 1. The molecule has 1 N–H and O–H groups in total. The number of aromatic nitrogens is 3. The molecule has 5 rings (SSSR count). The van der Waals surface area contributed by atoms with Crippen molar-refractivity contribution in [1.82, 2.24) is 19.4 Å². The van der Waals surface area contributed by atoms with E-state index in [9.17, 15) is 14.7 Å². The van der Waals surface area contributed by atoms with Gasteiger partial charge in [-0.25, -0.2) is 9.97 Å². The van der Waals surface area contributed by atoms with E-state index in [4.69, 9.17) is 0 Å². The number of aliphatic carboxylic acids is 1. The number of carboxylic acid groups (broad SMARTS) is 1. The highest BCUT2D eigenvalue weighted by molar-refractivity contribution is 5.95. The zero-order valence-corrected chi connectivity index (χ0v) is 15.3. The Kier molecular flexibility index (Phi) is 3.72. The van der Waals surface area contributed by atoms with Gasteiger partial charge < -0.3 is 10.0 Å². The third-order valence-electron chi connectivity index (χ3n) is 6.28. The number of carbonyl (C=O) groups is 2. The highest BCUT2D eigenvalue weighted by atomic mass is 16.4. The Balaban J connectivity index is 1.39. The summed E-state index contributed by atoms with van der Waals surface area (Å²) in [6.45, 7) is 0.804. The standard InChI is InChI=1S/C21H20N4O3/c26-19(24-11-15-4-3-9-21(15,12-24)20(27)28)14-7-8-18(22-10-14)25-13-23-16-5-1-2-6-17(16)25/h1-2,5-8,10,13,15H,3-4,9,11-12H2,(H,27,28)/t15-,21+/m0/s1. The van der Waals surface area contributed by atoms with Crippen LogP contribution in [0.3, 0.4) is 0 Å². The van der Waals surface area contributed by atoms with E-state index in [1.807, 2.05) is 28.8 Å². The summed E-state index contributed by atoms with van der Waals surface area (Å²) in [5.41, 5.74) is 1.55. The topological polar surface area (TPSA) is 88.3 Å². The minimum absolute atomic E-state index is 0.0542. The van der Waals surface area contributed by atoms with E-state index < -0.39 is 11.4 Å². The van der Waals surface area contributed by atoms with Gasteiger partial charge in [0.15, 0.2) is 0 Å². The van der Waals surface area contributed by atoms with Gasteiger partial charge in [-0.1, -0.05) is 18.6 Å². The maximum atomic E-state index is 12.9. The number of amides is 1. The van der Waals surface area contributed by atoms with Crippen LogP contribution in [-0.2, 0) is 4.79 Å². The van der Waals surface area contributed by atoms with E-state index in [0.717, 1.165) is 23.9 Å². The summed E-state index contributed by atoms with van der Waals surface area (Å²) in [6.07, 6.45) is 5.73. The number of hydrogen-bond acceptors (Lipinski definition) is 4. The molecule has 142 valence electrons. The lowest BCUT2D eigenvalue weighted by Gasteiger charge is -2.23. The average Bonchev–Trinajstić information content (AvgIpc) is 3.40. The molecule has 1 aliphatic heterocycles. The average molecular weight is 376 g/mol. The van der Waals surface area contributed by atoms with Gasteiger partial charge in [0, 0.05) is 19.3 Å². The molecule has 1 saturated heterocycles. The third kappa shape index (κ3) is 2.42. The molecule has 1 saturated carbocycles. The second kappa shape index (κ2) is 6.15. The van der Waals surface area contributed by atoms with Gasteiger partial charge in [0.25, 0.3) is 5.91 Å². The van der Waals surface area contributed by atoms with Crippen LogP contribution in [0.5, 0.6) is 0 Å². The Labute approximate surface area is 161 Å². The van der Waals surface area contributed by atoms with Gasteiger partial charge in [0.2, 0.25) is 0 Å². The quantitative estimate of drug-likeness (QED) is 0.759. The summed E-state index contributed by atoms with van der Waals surface area (Å²) < 4.78 is 1.88. The molecule has 7 heteroatoms. The number of likely N-dealkylation sites (tertiary alicyclic amines) is 1. The Morgan fingerprint density at radius 1 is 1.14 bits per heavy atom. The highest BCUT2D eigenvalue weighted by Gasteiger charge is 2.55. The van der Waals surface area contributed by atoms with Crippen molar-refractivity contribution in [2.75, 3.05) is 13.1 Å². The molecule has 0 bridgehead atoms. The first kappa shape index (κ1) is 16.9. The maximum Gasteiger partial charge on any atom is 0.311 e. The molecular weight excluding hydrogens is 356 g/mol. The molecule has 2 atom stereocenters. The predicted molar refractivity (Wildman–Crippen MR) is 102 cm³/mol. The van der Waals surface area contributed by atoms with Crippen LogP contribution in [0.2, 0.25) is 0 Å². The molecule has 1 aromatic carbocycles. The van der Waals surface area contributed by atoms with Gasteiger partial charge in [-0.3, -0.25) is 14.2 Å². The maximum absolute atomic E-state index is 12.9. The monoisotopic (exact) mass is 376 g/mol. The molecular formula is C21H20N4O3. The van der Waals surface area contributed by atoms with E-state index in [1.54, 1.807) is 29.6 Å². The third-order valence-corrected chi connectivity index (χ3v) is 6.28. The lowest BCUT2D eigenvalue weighted by Crippen LogP contribution is -2.37. The molecule has 0 spiro atoms. The molecule has 0 radical (unpaired) electrons. The molecule has 3 aromatic rings. The van der Waals surface area contributed by atoms with Crippen molar-refractivity contribution >= 4 is 22.9 Å². The van der Waals surface area contributed by atoms with Crippen LogP contribution in [0, 0.1) is 11.3 Å². The van der Waals surface area contributed by atoms with Gasteiger partial charge in [0.1, 0.15) is 12.1 Å². The SMILES string of the molecule is O=C(c1ccc(-n2cnc3ccccc32)nc1)N1C[C@@H]2CCC[C@@]2(C(=O)O)C1. The zero-order chi connectivity index (χ0) is 19.3. The molecule has 1 aliphatic carbocycles. The van der Waals surface area contributed by atoms with Crippen LogP contribution in [0.4, 0.5) is 0 Å². The van der Waals surface area contributed by atoms with Crippen molar-refractivity contribution in [3.63, 3.8) is 0 Å². The normalized spacial score (nSPS) is 23.9. The lowest BCUT2D eigenvalue weighted by molar-refractivity contribution is -0.149. The Bertz CT molecular complexity index is 1070. The number of carbonyl (C=O) groups excluding carboxylic acids is 1. The minimum Gasteiger partial charge on any atom is -0.481 e. The number of nitrogens with zero attached hydrogens (tertiary/aromatic N) is 4. The number of fused-ring (bicyclic) bond motifs is 2. The van der Waals surface area contributed by atoms with Gasteiger partial charge in [-0.2, -0.15) is 0 Å². The van der Waals surface area contributed by atoms with E-state index in [-0.39, 0.29) is 11.8 Å². The van der Waals surface area contributed by atoms with Crippen molar-refractivity contribution in [2.24, 2.45) is 11.3 Å². The molecule has 2 fully saturated rings. The summed E-state index contributed by atoms with van der Waals surface area (Å²) in [6, 6.07) is 11.3. The van der Waals surface area contributed by atoms with Gasteiger partial charge in [-0.15, -0.1) is 0 Å². The van der Waals surface area contributed by atoms with E-state index in [1.165, 1.54) is 0 Å². The molecule has 2 aliphatic rings. The van der Waals surface area contributed by atoms with E-state index in [0.29, 0.717) is 30.9 Å². The van der Waals surface area contributed by atoms with Crippen LogP contribution in [-0.4, -0.2) is 49.5 Å². The Morgan fingerprint density at radius 3 is 2.75 bits per heavy atom. The first-order valence-electron chi connectivity index (χ1n) is 9.50. The van der Waals surface area contributed by atoms with Gasteiger partial charge >= 0.3 is 5.97 Å². The number of para-hydroxylation sites is 2. The largest absolute Gasteiger partial charge is 0.481 e. The van der Waals surface area contributed by atoms with E-state index in [2.05, 4.69) is 9.97 Å². The molecule has 28 heavy (non-hydrogen) atoms. The molecule has 2 aromatic heterocycles. The number of rotatable bonds is 3. The number of pyridine rings is 1. The van der Waals surface area contributed by atoms with Crippen molar-refractivity contribution < 1.29 is 14.7 Å². The molecule has 3 heterocycles. The van der Waals surface area contributed by atoms with Gasteiger partial charge in [0.05, 0.1) is 22.0 Å². The van der Waals surface area contributed by atoms with Crippen LogP contribution in [0.15, 0.2) is 48.9 Å². The first-order chi connectivity index (χ1) is 13.6. The fourth-order valence-electron chi connectivity index (χ4n) is 4.77. The van der Waals surface area contributed by atoms with Crippen LogP contribution >= 0.6 is 0 Å². The Hall–Kier alpha value is -3.22. The number of benzene rings is 1. The fraction of sp³-hybridized carbons (Fsp3) is 0.333. The van der Waals surface area contributed by atoms with Crippen LogP contribution in [0.1, 0.15) is 29.6 Å². The lowest BCUT2D eigenvalue weighted by atomic mass is 9.81. The minimum atomic E-state index is -0.772. The van der Waals surface area contributed by atoms with Crippen LogP contribution < -0.4 is 0 Å². The van der Waals surface area contributed by atoms with Crippen LogP contribution in [0.25, 0.3) is 16.9 Å². The highest BCUT2D eigenvalue weighted by Crippen LogP contribution is 2.49. The molecule has 1 amide bonds. The van der Waals surface area contributed by atoms with Crippen molar-refractivity contribution in [2.45, 2.75) is 19.3 Å². The smallest absolute Gasteiger partial charge is 0.311 e. The van der Waals surface area contributed by atoms with Crippen molar-refractivity contribution in [3.8, 4) is 5.82 Å². The summed E-state index contributed by atoms with van der Waals surface area (Å²) in [4.78, 5) is 35.3. The second-order valence-corrected chi connectivity index (χ2v) is 7.74. The first-order valence-corrected chi connectivity index (χ1v) is 9.50. The Morgan fingerprint density at radius 2 is 2.00 bits per heavy atom. The molecule has 0 unspecified atom stereocenters. The summed E-state index contributed by atoms with van der Waals surface area (Å²) in [5.74, 6) is -0.181. The molecule has 7 nitrogen and oxygen atoms in total. The fourth-order valence-corrected chi connectivity index (χ4v) is 4.77.